The second kappa shape index (κ2) is 4.70. The molecule has 94 valence electrons. The molecule has 2 aliphatic carbocycles. The smallest absolute Gasteiger partial charge is 0.0264 e. The topological polar surface area (TPSA) is 0 Å². The van der Waals surface area contributed by atoms with Gasteiger partial charge in [-0.25, -0.2) is 0 Å². The molecule has 0 aromatic rings. The zero-order chi connectivity index (χ0) is 11.8. The second-order valence-electron chi connectivity index (χ2n) is 6.93. The molecule has 2 rings (SSSR count). The summed E-state index contributed by atoms with van der Waals surface area (Å²) < 4.78 is 0. The molecule has 0 aliphatic heterocycles. The van der Waals surface area contributed by atoms with E-state index in [1.165, 1.54) is 44.9 Å². The molecule has 0 aromatic carbocycles. The molecular weight excluding hydrogens is 192 g/mol. The van der Waals surface area contributed by atoms with E-state index in [1.54, 1.807) is 0 Å². The third kappa shape index (κ3) is 1.93. The van der Waals surface area contributed by atoms with Crippen molar-refractivity contribution in [2.45, 2.75) is 72.6 Å². The average Bonchev–Trinajstić information content (AvgIpc) is 2.57. The Morgan fingerprint density at radius 3 is 2.69 bits per heavy atom. The minimum atomic E-state index is 0.701. The predicted octanol–water partition coefficient (Wildman–Crippen LogP) is 5.28. The van der Waals surface area contributed by atoms with E-state index in [1.807, 2.05) is 0 Å². The summed E-state index contributed by atoms with van der Waals surface area (Å²) in [6, 6.07) is 0. The standard InChI is InChI=1S/C16H30/c1-5-7-12(2)14-9-10-15-13(3)8-6-11-16(14,15)4/h12-15H,5-11H2,1-4H3/t12?,13-,14+,15?,16+/m0/s1. The molecule has 0 nitrogen and oxygen atoms in total. The molecular formula is C16H30. The summed E-state index contributed by atoms with van der Waals surface area (Å²) >= 11 is 0. The highest BCUT2D eigenvalue weighted by atomic mass is 14.6. The SMILES string of the molecule is CCCC(C)[C@H]1CCC2[C@@H](C)CCC[C@@]21C. The summed E-state index contributed by atoms with van der Waals surface area (Å²) in [4.78, 5) is 0. The Kier molecular flexibility index (Phi) is 3.66. The van der Waals surface area contributed by atoms with E-state index >= 15 is 0 Å². The lowest BCUT2D eigenvalue weighted by atomic mass is 9.59. The van der Waals surface area contributed by atoms with Gasteiger partial charge >= 0.3 is 0 Å². The van der Waals surface area contributed by atoms with Crippen LogP contribution in [0.4, 0.5) is 0 Å². The summed E-state index contributed by atoms with van der Waals surface area (Å²) in [5, 5.41) is 0. The van der Waals surface area contributed by atoms with Gasteiger partial charge in [0.25, 0.3) is 0 Å². The molecule has 0 radical (unpaired) electrons. The van der Waals surface area contributed by atoms with Gasteiger partial charge in [0.15, 0.2) is 0 Å². The van der Waals surface area contributed by atoms with Crippen LogP contribution in [0.5, 0.6) is 0 Å². The average molecular weight is 222 g/mol. The first-order valence-electron chi connectivity index (χ1n) is 7.59. The van der Waals surface area contributed by atoms with E-state index in [2.05, 4.69) is 27.7 Å². The van der Waals surface area contributed by atoms with Crippen LogP contribution in [-0.4, -0.2) is 0 Å². The highest BCUT2D eigenvalue weighted by Crippen LogP contribution is 2.59. The van der Waals surface area contributed by atoms with Crippen LogP contribution in [0.3, 0.4) is 0 Å². The lowest BCUT2D eigenvalue weighted by Gasteiger charge is -2.46. The van der Waals surface area contributed by atoms with Crippen molar-refractivity contribution in [2.75, 3.05) is 0 Å². The van der Waals surface area contributed by atoms with E-state index in [-0.39, 0.29) is 0 Å². The van der Waals surface area contributed by atoms with Crippen LogP contribution < -0.4 is 0 Å². The molecule has 0 N–H and O–H groups in total. The van der Waals surface area contributed by atoms with Crippen LogP contribution in [0, 0.1) is 29.1 Å². The summed E-state index contributed by atoms with van der Waals surface area (Å²) in [6.45, 7) is 9.99. The van der Waals surface area contributed by atoms with Gasteiger partial charge < -0.3 is 0 Å². The maximum atomic E-state index is 2.62. The van der Waals surface area contributed by atoms with Crippen molar-refractivity contribution in [1.82, 2.24) is 0 Å². The molecule has 0 bridgehead atoms. The quantitative estimate of drug-likeness (QED) is 0.610. The van der Waals surface area contributed by atoms with E-state index in [0.717, 1.165) is 23.7 Å². The lowest BCUT2D eigenvalue weighted by molar-refractivity contribution is 0.0351. The van der Waals surface area contributed by atoms with E-state index in [9.17, 15) is 0 Å². The maximum Gasteiger partial charge on any atom is -0.0264 e. The van der Waals surface area contributed by atoms with Gasteiger partial charge in [-0.3, -0.25) is 0 Å². The first-order chi connectivity index (χ1) is 7.59. The third-order valence-electron chi connectivity index (χ3n) is 5.98. The first-order valence-corrected chi connectivity index (χ1v) is 7.59. The van der Waals surface area contributed by atoms with Crippen LogP contribution in [0.25, 0.3) is 0 Å². The Bertz CT molecular complexity index is 232. The molecule has 0 spiro atoms. The largest absolute Gasteiger partial charge is 0.0654 e. The molecule has 0 saturated heterocycles. The van der Waals surface area contributed by atoms with Gasteiger partial charge in [-0.2, -0.15) is 0 Å². The van der Waals surface area contributed by atoms with Crippen molar-refractivity contribution >= 4 is 0 Å². The van der Waals surface area contributed by atoms with Crippen LogP contribution in [0.15, 0.2) is 0 Å². The van der Waals surface area contributed by atoms with E-state index in [4.69, 9.17) is 0 Å². The van der Waals surface area contributed by atoms with Gasteiger partial charge in [-0.1, -0.05) is 53.4 Å². The van der Waals surface area contributed by atoms with Crippen LogP contribution in [-0.2, 0) is 0 Å². The van der Waals surface area contributed by atoms with Gasteiger partial charge in [0.2, 0.25) is 0 Å². The molecule has 0 heteroatoms. The Hall–Kier alpha value is 0. The van der Waals surface area contributed by atoms with Gasteiger partial charge in [-0.15, -0.1) is 0 Å². The molecule has 0 heterocycles. The predicted molar refractivity (Wildman–Crippen MR) is 71.4 cm³/mol. The second-order valence-corrected chi connectivity index (χ2v) is 6.93. The zero-order valence-electron chi connectivity index (χ0n) is 11.8. The van der Waals surface area contributed by atoms with E-state index < -0.39 is 0 Å². The molecule has 5 atom stereocenters. The molecule has 2 aliphatic rings. The van der Waals surface area contributed by atoms with Gasteiger partial charge in [-0.05, 0) is 48.3 Å². The Labute approximate surface area is 102 Å². The Balaban J connectivity index is 2.11. The van der Waals surface area contributed by atoms with Crippen molar-refractivity contribution in [3.63, 3.8) is 0 Å². The normalized spacial score (nSPS) is 45.4. The molecule has 2 fully saturated rings. The third-order valence-corrected chi connectivity index (χ3v) is 5.98. The molecule has 2 unspecified atom stereocenters. The number of hydrogen-bond acceptors (Lipinski definition) is 0. The fourth-order valence-electron chi connectivity index (χ4n) is 5.20. The van der Waals surface area contributed by atoms with Crippen molar-refractivity contribution in [1.29, 1.82) is 0 Å². The maximum absolute atomic E-state index is 2.62. The van der Waals surface area contributed by atoms with Gasteiger partial charge in [0.05, 0.1) is 0 Å². The molecule has 0 aromatic heterocycles. The van der Waals surface area contributed by atoms with Crippen molar-refractivity contribution in [3.8, 4) is 0 Å². The zero-order valence-corrected chi connectivity index (χ0v) is 11.8. The van der Waals surface area contributed by atoms with E-state index in [0.29, 0.717) is 5.41 Å². The van der Waals surface area contributed by atoms with Crippen LogP contribution >= 0.6 is 0 Å². The summed E-state index contributed by atoms with van der Waals surface area (Å²) in [5.41, 5.74) is 0.701. The fourth-order valence-corrected chi connectivity index (χ4v) is 5.20. The Morgan fingerprint density at radius 2 is 2.00 bits per heavy atom. The fraction of sp³-hybridized carbons (Fsp3) is 1.00. The van der Waals surface area contributed by atoms with Gasteiger partial charge in [0, 0.05) is 0 Å². The van der Waals surface area contributed by atoms with Crippen molar-refractivity contribution in [2.24, 2.45) is 29.1 Å². The Morgan fingerprint density at radius 1 is 1.25 bits per heavy atom. The highest BCUT2D eigenvalue weighted by Gasteiger charge is 2.50. The molecule has 2 saturated carbocycles. The summed E-state index contributed by atoms with van der Waals surface area (Å²) in [7, 11) is 0. The van der Waals surface area contributed by atoms with Crippen molar-refractivity contribution < 1.29 is 0 Å². The van der Waals surface area contributed by atoms with Gasteiger partial charge in [0.1, 0.15) is 0 Å². The number of rotatable bonds is 3. The lowest BCUT2D eigenvalue weighted by Crippen LogP contribution is -2.38. The summed E-state index contributed by atoms with van der Waals surface area (Å²) in [6.07, 6.45) is 10.4. The molecule has 0 amide bonds. The number of hydrogen-bond donors (Lipinski definition) is 0. The van der Waals surface area contributed by atoms with Crippen molar-refractivity contribution in [3.05, 3.63) is 0 Å². The monoisotopic (exact) mass is 222 g/mol. The highest BCUT2D eigenvalue weighted by molar-refractivity contribution is 5.00. The minimum absolute atomic E-state index is 0.701. The first kappa shape index (κ1) is 12.5. The summed E-state index contributed by atoms with van der Waals surface area (Å²) in [5.74, 6) is 4.04. The van der Waals surface area contributed by atoms with Crippen LogP contribution in [0.1, 0.15) is 72.6 Å². The molecule has 16 heavy (non-hydrogen) atoms. The van der Waals surface area contributed by atoms with Crippen LogP contribution in [0.2, 0.25) is 0 Å². The number of fused-ring (bicyclic) bond motifs is 1. The minimum Gasteiger partial charge on any atom is -0.0654 e.